The highest BCUT2D eigenvalue weighted by Crippen LogP contribution is 2.28. The molecule has 0 amide bonds. The van der Waals surface area contributed by atoms with E-state index in [4.69, 9.17) is 0 Å². The molecule has 0 bridgehead atoms. The van der Waals surface area contributed by atoms with Crippen LogP contribution in [0, 0.1) is 13.8 Å². The number of pyridine rings is 1. The molecule has 2 N–H and O–H groups in total. The SMILES string of the molecule is Cc1csc(CO)c1S(=O)(=O)Nc1cccnc1C. The van der Waals surface area contributed by atoms with Crippen molar-refractivity contribution >= 4 is 27.0 Å². The monoisotopic (exact) mass is 298 g/mol. The summed E-state index contributed by atoms with van der Waals surface area (Å²) in [5.74, 6) is 0. The average molecular weight is 298 g/mol. The number of aliphatic hydroxyl groups excluding tert-OH is 1. The third kappa shape index (κ3) is 2.78. The Kier molecular flexibility index (Phi) is 3.88. The topological polar surface area (TPSA) is 79.3 Å². The molecule has 2 rings (SSSR count). The lowest BCUT2D eigenvalue weighted by atomic mass is 10.3. The molecular formula is C12H14N2O3S2. The molecule has 0 spiro atoms. The van der Waals surface area contributed by atoms with Gasteiger partial charge in [-0.25, -0.2) is 8.42 Å². The van der Waals surface area contributed by atoms with Crippen LogP contribution in [-0.4, -0.2) is 18.5 Å². The van der Waals surface area contributed by atoms with E-state index in [0.29, 0.717) is 21.8 Å². The minimum atomic E-state index is -3.71. The minimum absolute atomic E-state index is 0.156. The number of aromatic nitrogens is 1. The van der Waals surface area contributed by atoms with E-state index in [1.54, 1.807) is 37.6 Å². The molecular weight excluding hydrogens is 284 g/mol. The molecule has 0 radical (unpaired) electrons. The van der Waals surface area contributed by atoms with E-state index in [2.05, 4.69) is 9.71 Å². The second kappa shape index (κ2) is 5.28. The summed E-state index contributed by atoms with van der Waals surface area (Å²) in [6.45, 7) is 3.15. The van der Waals surface area contributed by atoms with Crippen molar-refractivity contribution in [3.8, 4) is 0 Å². The summed E-state index contributed by atoms with van der Waals surface area (Å²) in [5.41, 5.74) is 1.67. The Morgan fingerprint density at radius 2 is 2.16 bits per heavy atom. The molecule has 2 aromatic rings. The fraction of sp³-hybridized carbons (Fsp3) is 0.250. The van der Waals surface area contributed by atoms with Gasteiger partial charge in [-0.2, -0.15) is 0 Å². The Bertz CT molecular complexity index is 693. The normalized spacial score (nSPS) is 11.5. The van der Waals surface area contributed by atoms with Crippen LogP contribution in [0.25, 0.3) is 0 Å². The van der Waals surface area contributed by atoms with E-state index in [1.165, 1.54) is 11.3 Å². The van der Waals surface area contributed by atoms with Gasteiger partial charge in [-0.1, -0.05) is 0 Å². The predicted octanol–water partition coefficient (Wildman–Crippen LogP) is 2.05. The number of anilines is 1. The van der Waals surface area contributed by atoms with Crippen molar-refractivity contribution in [1.82, 2.24) is 4.98 Å². The van der Waals surface area contributed by atoms with Crippen molar-refractivity contribution in [3.63, 3.8) is 0 Å². The number of nitrogens with one attached hydrogen (secondary N) is 1. The molecule has 102 valence electrons. The van der Waals surface area contributed by atoms with Gasteiger partial charge in [-0.3, -0.25) is 9.71 Å². The second-order valence-electron chi connectivity index (χ2n) is 4.07. The molecule has 0 saturated heterocycles. The first-order valence-corrected chi connectivity index (χ1v) is 7.94. The molecule has 0 aliphatic rings. The summed E-state index contributed by atoms with van der Waals surface area (Å²) in [6.07, 6.45) is 1.60. The van der Waals surface area contributed by atoms with E-state index < -0.39 is 10.0 Å². The van der Waals surface area contributed by atoms with Crippen LogP contribution in [0.2, 0.25) is 0 Å². The molecule has 0 aromatic carbocycles. The van der Waals surface area contributed by atoms with Crippen LogP contribution in [0.4, 0.5) is 5.69 Å². The summed E-state index contributed by atoms with van der Waals surface area (Å²) >= 11 is 1.23. The van der Waals surface area contributed by atoms with Gasteiger partial charge in [-0.05, 0) is 36.9 Å². The number of hydrogen-bond donors (Lipinski definition) is 2. The molecule has 0 fully saturated rings. The van der Waals surface area contributed by atoms with E-state index in [1.807, 2.05) is 0 Å². The molecule has 2 heterocycles. The predicted molar refractivity (Wildman–Crippen MR) is 74.8 cm³/mol. The van der Waals surface area contributed by atoms with Crippen molar-refractivity contribution in [2.24, 2.45) is 0 Å². The lowest BCUT2D eigenvalue weighted by Crippen LogP contribution is -2.15. The third-order valence-corrected chi connectivity index (χ3v) is 5.47. The number of aryl methyl sites for hydroxylation is 2. The quantitative estimate of drug-likeness (QED) is 0.905. The Morgan fingerprint density at radius 1 is 1.42 bits per heavy atom. The highest BCUT2D eigenvalue weighted by Gasteiger charge is 2.23. The molecule has 0 atom stereocenters. The first-order chi connectivity index (χ1) is 8.95. The molecule has 19 heavy (non-hydrogen) atoms. The van der Waals surface area contributed by atoms with Crippen LogP contribution >= 0.6 is 11.3 Å². The van der Waals surface area contributed by atoms with Gasteiger partial charge in [-0.15, -0.1) is 11.3 Å². The number of sulfonamides is 1. The molecule has 7 heteroatoms. The van der Waals surface area contributed by atoms with Crippen LogP contribution in [0.5, 0.6) is 0 Å². The average Bonchev–Trinajstić information content (AvgIpc) is 2.74. The maximum atomic E-state index is 12.4. The van der Waals surface area contributed by atoms with Crippen molar-refractivity contribution < 1.29 is 13.5 Å². The van der Waals surface area contributed by atoms with E-state index in [9.17, 15) is 13.5 Å². The number of aliphatic hydroxyl groups is 1. The molecule has 0 aliphatic carbocycles. The first-order valence-electron chi connectivity index (χ1n) is 5.58. The van der Waals surface area contributed by atoms with Crippen LogP contribution in [0.1, 0.15) is 16.1 Å². The van der Waals surface area contributed by atoms with E-state index in [-0.39, 0.29) is 11.5 Å². The van der Waals surface area contributed by atoms with Gasteiger partial charge in [0.2, 0.25) is 0 Å². The largest absolute Gasteiger partial charge is 0.391 e. The number of rotatable bonds is 4. The van der Waals surface area contributed by atoms with Crippen molar-refractivity contribution in [2.45, 2.75) is 25.3 Å². The summed E-state index contributed by atoms with van der Waals surface area (Å²) in [5, 5.41) is 10.9. The Balaban J connectivity index is 2.44. The fourth-order valence-corrected chi connectivity index (χ4v) is 4.53. The zero-order chi connectivity index (χ0) is 14.0. The minimum Gasteiger partial charge on any atom is -0.391 e. The Hall–Kier alpha value is -1.44. The number of thiophene rings is 1. The summed E-state index contributed by atoms with van der Waals surface area (Å²) in [4.78, 5) is 4.63. The molecule has 2 aromatic heterocycles. The van der Waals surface area contributed by atoms with Crippen LogP contribution in [0.3, 0.4) is 0 Å². The van der Waals surface area contributed by atoms with Gasteiger partial charge >= 0.3 is 0 Å². The second-order valence-corrected chi connectivity index (χ2v) is 6.65. The maximum absolute atomic E-state index is 12.4. The lowest BCUT2D eigenvalue weighted by molar-refractivity contribution is 0.282. The van der Waals surface area contributed by atoms with Gasteiger partial charge in [0.25, 0.3) is 10.0 Å². The smallest absolute Gasteiger partial charge is 0.263 e. The summed E-state index contributed by atoms with van der Waals surface area (Å²) in [6, 6.07) is 3.32. The van der Waals surface area contributed by atoms with Gasteiger partial charge in [0.1, 0.15) is 4.90 Å². The van der Waals surface area contributed by atoms with Crippen LogP contribution in [-0.2, 0) is 16.6 Å². The molecule has 0 aliphatic heterocycles. The third-order valence-electron chi connectivity index (χ3n) is 2.65. The summed E-state index contributed by atoms with van der Waals surface area (Å²) < 4.78 is 27.3. The zero-order valence-corrected chi connectivity index (χ0v) is 12.2. The van der Waals surface area contributed by atoms with Crippen molar-refractivity contribution in [3.05, 3.63) is 39.8 Å². The van der Waals surface area contributed by atoms with E-state index in [0.717, 1.165) is 0 Å². The van der Waals surface area contributed by atoms with Gasteiger partial charge in [0.05, 0.1) is 22.9 Å². The maximum Gasteiger partial charge on any atom is 0.263 e. The van der Waals surface area contributed by atoms with Gasteiger partial charge < -0.3 is 5.11 Å². The van der Waals surface area contributed by atoms with Crippen LogP contribution in [0.15, 0.2) is 28.6 Å². The van der Waals surface area contributed by atoms with Crippen molar-refractivity contribution in [1.29, 1.82) is 0 Å². The molecule has 0 saturated carbocycles. The zero-order valence-electron chi connectivity index (χ0n) is 10.5. The highest BCUT2D eigenvalue weighted by molar-refractivity contribution is 7.93. The van der Waals surface area contributed by atoms with Gasteiger partial charge in [0.15, 0.2) is 0 Å². The number of hydrogen-bond acceptors (Lipinski definition) is 5. The van der Waals surface area contributed by atoms with Crippen LogP contribution < -0.4 is 4.72 Å². The van der Waals surface area contributed by atoms with Gasteiger partial charge in [0, 0.05) is 6.20 Å². The number of nitrogens with zero attached hydrogens (tertiary/aromatic N) is 1. The Labute approximate surface area is 116 Å². The highest BCUT2D eigenvalue weighted by atomic mass is 32.2. The molecule has 5 nitrogen and oxygen atoms in total. The standard InChI is InChI=1S/C12H14N2O3S2/c1-8-7-18-11(6-15)12(8)19(16,17)14-10-4-3-5-13-9(10)2/h3-5,7,14-15H,6H2,1-2H3. The van der Waals surface area contributed by atoms with Crippen molar-refractivity contribution in [2.75, 3.05) is 4.72 Å². The molecule has 0 unspecified atom stereocenters. The summed E-state index contributed by atoms with van der Waals surface area (Å²) in [7, 11) is -3.71. The first kappa shape index (κ1) is 14.0. The van der Waals surface area contributed by atoms with E-state index >= 15 is 0 Å². The Morgan fingerprint density at radius 3 is 2.79 bits per heavy atom. The lowest BCUT2D eigenvalue weighted by Gasteiger charge is -2.10. The fourth-order valence-electron chi connectivity index (χ4n) is 1.75.